The molecule has 1 aliphatic heterocycles. The van der Waals surface area contributed by atoms with Gasteiger partial charge in [-0.25, -0.2) is 0 Å². The predicted molar refractivity (Wildman–Crippen MR) is 49.8 cm³/mol. The zero-order valence-electron chi connectivity index (χ0n) is 8.13. The van der Waals surface area contributed by atoms with Gasteiger partial charge in [0.1, 0.15) is 0 Å². The maximum absolute atomic E-state index is 11.7. The van der Waals surface area contributed by atoms with Crippen molar-refractivity contribution in [1.82, 2.24) is 4.90 Å². The molecular weight excluding hydrogens is 150 g/mol. The number of allylic oxidation sites excluding steroid dienone is 1. The lowest BCUT2D eigenvalue weighted by molar-refractivity contribution is -0.130. The summed E-state index contributed by atoms with van der Waals surface area (Å²) in [7, 11) is 0. The highest BCUT2D eigenvalue weighted by Crippen LogP contribution is 2.18. The molecule has 12 heavy (non-hydrogen) atoms. The fraction of sp³-hybridized carbons (Fsp3) is 0.700. The molecule has 2 heteroatoms. The number of nitrogens with zero attached hydrogens (tertiary/aromatic N) is 1. The average Bonchev–Trinajstić information content (AvgIpc) is 2.04. The Bertz CT molecular complexity index is 206. The fourth-order valence-corrected chi connectivity index (χ4v) is 1.59. The molecule has 1 heterocycles. The first-order chi connectivity index (χ1) is 5.66. The highest BCUT2D eigenvalue weighted by Gasteiger charge is 2.23. The van der Waals surface area contributed by atoms with E-state index in [4.69, 9.17) is 0 Å². The topological polar surface area (TPSA) is 20.3 Å². The molecule has 0 aromatic heterocycles. The van der Waals surface area contributed by atoms with Crippen LogP contribution >= 0.6 is 0 Å². The second-order valence-electron chi connectivity index (χ2n) is 3.51. The first kappa shape index (κ1) is 9.30. The van der Waals surface area contributed by atoms with Gasteiger partial charge in [0.2, 0.25) is 5.91 Å². The molecule has 1 saturated heterocycles. The maximum atomic E-state index is 11.7. The third kappa shape index (κ3) is 1.68. The SMILES string of the molecule is C/C=C1\CCCN(C(C)C)C1=O. The number of rotatable bonds is 1. The van der Waals surface area contributed by atoms with E-state index < -0.39 is 0 Å². The molecule has 1 aliphatic rings. The Hall–Kier alpha value is -0.790. The Kier molecular flexibility index (Phi) is 2.90. The third-order valence-corrected chi connectivity index (χ3v) is 2.35. The molecule has 2 nitrogen and oxygen atoms in total. The Labute approximate surface area is 74.2 Å². The van der Waals surface area contributed by atoms with Crippen molar-refractivity contribution in [3.05, 3.63) is 11.6 Å². The first-order valence-electron chi connectivity index (χ1n) is 4.63. The molecule has 1 amide bonds. The van der Waals surface area contributed by atoms with Gasteiger partial charge in [-0.1, -0.05) is 6.08 Å². The molecule has 0 aromatic carbocycles. The molecule has 0 atom stereocenters. The normalized spacial score (nSPS) is 22.5. The highest BCUT2D eigenvalue weighted by molar-refractivity contribution is 5.94. The Morgan fingerprint density at radius 3 is 2.67 bits per heavy atom. The van der Waals surface area contributed by atoms with Crippen LogP contribution in [0.25, 0.3) is 0 Å². The van der Waals surface area contributed by atoms with Crippen molar-refractivity contribution in [2.24, 2.45) is 0 Å². The van der Waals surface area contributed by atoms with Crippen LogP contribution in [0.5, 0.6) is 0 Å². The second kappa shape index (κ2) is 3.74. The van der Waals surface area contributed by atoms with Crippen molar-refractivity contribution in [1.29, 1.82) is 0 Å². The van der Waals surface area contributed by atoms with Crippen LogP contribution in [0.15, 0.2) is 11.6 Å². The van der Waals surface area contributed by atoms with Crippen molar-refractivity contribution in [2.45, 2.75) is 39.7 Å². The van der Waals surface area contributed by atoms with Gasteiger partial charge in [-0.15, -0.1) is 0 Å². The van der Waals surface area contributed by atoms with E-state index in [0.717, 1.165) is 25.0 Å². The van der Waals surface area contributed by atoms with E-state index >= 15 is 0 Å². The van der Waals surface area contributed by atoms with Crippen molar-refractivity contribution >= 4 is 5.91 Å². The first-order valence-corrected chi connectivity index (χ1v) is 4.63. The molecule has 1 rings (SSSR count). The lowest BCUT2D eigenvalue weighted by atomic mass is 10.0. The number of carbonyl (C=O) groups is 1. The summed E-state index contributed by atoms with van der Waals surface area (Å²) in [5, 5.41) is 0. The minimum Gasteiger partial charge on any atom is -0.337 e. The van der Waals surface area contributed by atoms with Gasteiger partial charge in [0, 0.05) is 18.2 Å². The van der Waals surface area contributed by atoms with Gasteiger partial charge in [0.05, 0.1) is 0 Å². The van der Waals surface area contributed by atoms with Crippen molar-refractivity contribution in [2.75, 3.05) is 6.54 Å². The molecule has 0 aromatic rings. The molecule has 0 saturated carbocycles. The monoisotopic (exact) mass is 167 g/mol. The van der Waals surface area contributed by atoms with Crippen LogP contribution in [0.2, 0.25) is 0 Å². The van der Waals surface area contributed by atoms with E-state index in [9.17, 15) is 4.79 Å². The van der Waals surface area contributed by atoms with E-state index in [1.807, 2.05) is 17.9 Å². The molecule has 0 unspecified atom stereocenters. The minimum atomic E-state index is 0.235. The third-order valence-electron chi connectivity index (χ3n) is 2.35. The number of hydrogen-bond donors (Lipinski definition) is 0. The van der Waals surface area contributed by atoms with E-state index in [0.29, 0.717) is 6.04 Å². The largest absolute Gasteiger partial charge is 0.337 e. The summed E-state index contributed by atoms with van der Waals surface area (Å²) in [5.74, 6) is 0.235. The van der Waals surface area contributed by atoms with Crippen LogP contribution in [0, 0.1) is 0 Å². The zero-order valence-corrected chi connectivity index (χ0v) is 8.13. The standard InChI is InChI=1S/C10H17NO/c1-4-9-6-5-7-11(8(2)3)10(9)12/h4,8H,5-7H2,1-3H3/b9-4+. The molecular formula is C10H17NO. The zero-order chi connectivity index (χ0) is 9.14. The van der Waals surface area contributed by atoms with Crippen LogP contribution in [0.3, 0.4) is 0 Å². The van der Waals surface area contributed by atoms with E-state index in [1.54, 1.807) is 0 Å². The smallest absolute Gasteiger partial charge is 0.249 e. The summed E-state index contributed by atoms with van der Waals surface area (Å²) < 4.78 is 0. The van der Waals surface area contributed by atoms with E-state index in [-0.39, 0.29) is 5.91 Å². The average molecular weight is 167 g/mol. The lowest BCUT2D eigenvalue weighted by Crippen LogP contribution is -2.41. The number of piperidine rings is 1. The van der Waals surface area contributed by atoms with Crippen LogP contribution in [-0.2, 0) is 4.79 Å². The van der Waals surface area contributed by atoms with Crippen LogP contribution in [0.1, 0.15) is 33.6 Å². The summed E-state index contributed by atoms with van der Waals surface area (Å²) in [4.78, 5) is 13.6. The Morgan fingerprint density at radius 1 is 1.50 bits per heavy atom. The number of carbonyl (C=O) groups excluding carboxylic acids is 1. The van der Waals surface area contributed by atoms with Crippen molar-refractivity contribution < 1.29 is 4.79 Å². The fourth-order valence-electron chi connectivity index (χ4n) is 1.59. The Morgan fingerprint density at radius 2 is 2.17 bits per heavy atom. The molecule has 0 bridgehead atoms. The molecule has 68 valence electrons. The Balaban J connectivity index is 2.73. The maximum Gasteiger partial charge on any atom is 0.249 e. The van der Waals surface area contributed by atoms with E-state index in [2.05, 4.69) is 13.8 Å². The lowest BCUT2D eigenvalue weighted by Gasteiger charge is -2.31. The summed E-state index contributed by atoms with van der Waals surface area (Å²) in [6.07, 6.45) is 4.01. The predicted octanol–water partition coefficient (Wildman–Crippen LogP) is 1.96. The molecule has 0 N–H and O–H groups in total. The van der Waals surface area contributed by atoms with Gasteiger partial charge in [-0.2, -0.15) is 0 Å². The highest BCUT2D eigenvalue weighted by atomic mass is 16.2. The number of amides is 1. The summed E-state index contributed by atoms with van der Waals surface area (Å²) in [5.41, 5.74) is 0.981. The van der Waals surface area contributed by atoms with E-state index in [1.165, 1.54) is 0 Å². The van der Waals surface area contributed by atoms with Crippen LogP contribution in [-0.4, -0.2) is 23.4 Å². The molecule has 0 spiro atoms. The quantitative estimate of drug-likeness (QED) is 0.547. The van der Waals surface area contributed by atoms with Crippen LogP contribution in [0.4, 0.5) is 0 Å². The van der Waals surface area contributed by atoms with Crippen molar-refractivity contribution in [3.8, 4) is 0 Å². The van der Waals surface area contributed by atoms with Gasteiger partial charge in [0.25, 0.3) is 0 Å². The number of likely N-dealkylation sites (tertiary alicyclic amines) is 1. The van der Waals surface area contributed by atoms with Gasteiger partial charge >= 0.3 is 0 Å². The van der Waals surface area contributed by atoms with Crippen LogP contribution < -0.4 is 0 Å². The van der Waals surface area contributed by atoms with Gasteiger partial charge in [-0.3, -0.25) is 4.79 Å². The molecule has 0 aliphatic carbocycles. The minimum absolute atomic E-state index is 0.235. The second-order valence-corrected chi connectivity index (χ2v) is 3.51. The number of hydrogen-bond acceptors (Lipinski definition) is 1. The summed E-state index contributed by atoms with van der Waals surface area (Å²) in [6.45, 7) is 7.00. The van der Waals surface area contributed by atoms with Crippen molar-refractivity contribution in [3.63, 3.8) is 0 Å². The summed E-state index contributed by atoms with van der Waals surface area (Å²) >= 11 is 0. The molecule has 1 fully saturated rings. The van der Waals surface area contributed by atoms with Gasteiger partial charge in [-0.05, 0) is 33.6 Å². The summed E-state index contributed by atoms with van der Waals surface area (Å²) in [6, 6.07) is 0.341. The molecule has 0 radical (unpaired) electrons. The van der Waals surface area contributed by atoms with Gasteiger partial charge in [0.15, 0.2) is 0 Å². The van der Waals surface area contributed by atoms with Gasteiger partial charge < -0.3 is 4.90 Å².